The Kier molecular flexibility index (Phi) is 6.41. The number of hydrogen-bond acceptors (Lipinski definition) is 1. The summed E-state index contributed by atoms with van der Waals surface area (Å²) in [5, 5.41) is 3.82. The van der Waals surface area contributed by atoms with Gasteiger partial charge in [-0.25, -0.2) is 0 Å². The van der Waals surface area contributed by atoms with Gasteiger partial charge in [0.05, 0.1) is 0 Å². The van der Waals surface area contributed by atoms with E-state index >= 15 is 0 Å². The lowest BCUT2D eigenvalue weighted by molar-refractivity contribution is 0.184. The minimum absolute atomic E-state index is 0.764. The molecule has 0 spiro atoms. The SMILES string of the molecule is CCCNC(C1CCCCC1)C(C)C(C)C. The number of hydrogen-bond donors (Lipinski definition) is 1. The summed E-state index contributed by atoms with van der Waals surface area (Å²) in [5.41, 5.74) is 0. The van der Waals surface area contributed by atoms with Gasteiger partial charge in [-0.1, -0.05) is 47.0 Å². The van der Waals surface area contributed by atoms with E-state index in [0.29, 0.717) is 0 Å². The predicted octanol–water partition coefficient (Wildman–Crippen LogP) is 4.23. The van der Waals surface area contributed by atoms with Gasteiger partial charge in [0.25, 0.3) is 0 Å². The van der Waals surface area contributed by atoms with Crippen LogP contribution in [-0.4, -0.2) is 12.6 Å². The molecule has 1 saturated carbocycles. The minimum Gasteiger partial charge on any atom is -0.313 e. The van der Waals surface area contributed by atoms with Crippen LogP contribution in [0.5, 0.6) is 0 Å². The molecule has 1 heteroatoms. The Morgan fingerprint density at radius 3 is 2.19 bits per heavy atom. The van der Waals surface area contributed by atoms with Crippen molar-refractivity contribution in [3.05, 3.63) is 0 Å². The van der Waals surface area contributed by atoms with Gasteiger partial charge in [0.15, 0.2) is 0 Å². The molecule has 1 aliphatic carbocycles. The highest BCUT2D eigenvalue weighted by atomic mass is 14.9. The Morgan fingerprint density at radius 1 is 1.06 bits per heavy atom. The molecule has 0 aromatic carbocycles. The predicted molar refractivity (Wildman–Crippen MR) is 72.7 cm³/mol. The van der Waals surface area contributed by atoms with E-state index < -0.39 is 0 Å². The van der Waals surface area contributed by atoms with Gasteiger partial charge in [0, 0.05) is 6.04 Å². The van der Waals surface area contributed by atoms with E-state index in [0.717, 1.165) is 23.8 Å². The molecule has 0 aromatic rings. The summed E-state index contributed by atoms with van der Waals surface area (Å²) in [6, 6.07) is 0.764. The zero-order chi connectivity index (χ0) is 12.0. The van der Waals surface area contributed by atoms with Gasteiger partial charge >= 0.3 is 0 Å². The monoisotopic (exact) mass is 225 g/mol. The third kappa shape index (κ3) is 4.08. The highest BCUT2D eigenvalue weighted by Crippen LogP contribution is 2.31. The van der Waals surface area contributed by atoms with Gasteiger partial charge in [-0.3, -0.25) is 0 Å². The molecule has 1 N–H and O–H groups in total. The Balaban J connectivity index is 2.53. The summed E-state index contributed by atoms with van der Waals surface area (Å²) in [6.07, 6.45) is 8.55. The lowest BCUT2D eigenvalue weighted by atomic mass is 9.76. The fourth-order valence-corrected chi connectivity index (χ4v) is 3.00. The zero-order valence-electron chi connectivity index (χ0n) is 11.8. The van der Waals surface area contributed by atoms with Gasteiger partial charge in [-0.2, -0.15) is 0 Å². The molecule has 0 aromatic heterocycles. The first-order valence-electron chi connectivity index (χ1n) is 7.40. The fraction of sp³-hybridized carbons (Fsp3) is 1.00. The van der Waals surface area contributed by atoms with Gasteiger partial charge in [0.2, 0.25) is 0 Å². The van der Waals surface area contributed by atoms with E-state index in [2.05, 4.69) is 33.0 Å². The smallest absolute Gasteiger partial charge is 0.0123 e. The zero-order valence-corrected chi connectivity index (χ0v) is 11.8. The summed E-state index contributed by atoms with van der Waals surface area (Å²) >= 11 is 0. The second-order valence-corrected chi connectivity index (χ2v) is 5.98. The molecule has 16 heavy (non-hydrogen) atoms. The van der Waals surface area contributed by atoms with Crippen molar-refractivity contribution in [3.8, 4) is 0 Å². The van der Waals surface area contributed by atoms with Crippen LogP contribution in [0.2, 0.25) is 0 Å². The summed E-state index contributed by atoms with van der Waals surface area (Å²) < 4.78 is 0. The topological polar surface area (TPSA) is 12.0 Å². The summed E-state index contributed by atoms with van der Waals surface area (Å²) in [7, 11) is 0. The van der Waals surface area contributed by atoms with Crippen molar-refractivity contribution in [1.29, 1.82) is 0 Å². The van der Waals surface area contributed by atoms with E-state index in [1.807, 2.05) is 0 Å². The third-order valence-electron chi connectivity index (χ3n) is 4.41. The van der Waals surface area contributed by atoms with E-state index in [9.17, 15) is 0 Å². The van der Waals surface area contributed by atoms with Crippen LogP contribution in [0.15, 0.2) is 0 Å². The first kappa shape index (κ1) is 14.0. The van der Waals surface area contributed by atoms with Crippen LogP contribution in [0.3, 0.4) is 0 Å². The molecule has 0 aliphatic heterocycles. The molecule has 0 radical (unpaired) electrons. The molecular weight excluding hydrogens is 194 g/mol. The fourth-order valence-electron chi connectivity index (χ4n) is 3.00. The van der Waals surface area contributed by atoms with E-state index in [-0.39, 0.29) is 0 Å². The second-order valence-electron chi connectivity index (χ2n) is 5.98. The number of rotatable bonds is 6. The normalized spacial score (nSPS) is 22.3. The van der Waals surface area contributed by atoms with Crippen molar-refractivity contribution in [1.82, 2.24) is 5.32 Å². The van der Waals surface area contributed by atoms with Crippen LogP contribution < -0.4 is 5.32 Å². The van der Waals surface area contributed by atoms with Crippen molar-refractivity contribution in [3.63, 3.8) is 0 Å². The van der Waals surface area contributed by atoms with E-state index in [4.69, 9.17) is 0 Å². The molecule has 2 atom stereocenters. The molecule has 0 saturated heterocycles. The van der Waals surface area contributed by atoms with Gasteiger partial charge < -0.3 is 5.32 Å². The van der Waals surface area contributed by atoms with E-state index in [1.54, 1.807) is 0 Å². The molecule has 0 heterocycles. The Bertz CT molecular complexity index is 170. The molecule has 0 amide bonds. The highest BCUT2D eigenvalue weighted by molar-refractivity contribution is 4.84. The molecule has 1 nitrogen and oxygen atoms in total. The van der Waals surface area contributed by atoms with Crippen molar-refractivity contribution in [2.24, 2.45) is 17.8 Å². The maximum Gasteiger partial charge on any atom is 0.0123 e. The lowest BCUT2D eigenvalue weighted by Gasteiger charge is -2.37. The third-order valence-corrected chi connectivity index (χ3v) is 4.41. The Morgan fingerprint density at radius 2 is 1.69 bits per heavy atom. The first-order valence-corrected chi connectivity index (χ1v) is 7.40. The van der Waals surface area contributed by atoms with Crippen LogP contribution in [0, 0.1) is 17.8 Å². The molecule has 1 rings (SSSR count). The average Bonchev–Trinajstić information content (AvgIpc) is 2.30. The van der Waals surface area contributed by atoms with Crippen molar-refractivity contribution in [2.75, 3.05) is 6.54 Å². The minimum atomic E-state index is 0.764. The molecule has 96 valence electrons. The van der Waals surface area contributed by atoms with Crippen molar-refractivity contribution < 1.29 is 0 Å². The Labute approximate surface area is 102 Å². The molecule has 2 unspecified atom stereocenters. The van der Waals surface area contributed by atoms with Gasteiger partial charge in [-0.05, 0) is 43.6 Å². The quantitative estimate of drug-likeness (QED) is 0.713. The lowest BCUT2D eigenvalue weighted by Crippen LogP contribution is -2.44. The average molecular weight is 225 g/mol. The Hall–Kier alpha value is -0.0400. The van der Waals surface area contributed by atoms with Crippen LogP contribution >= 0.6 is 0 Å². The van der Waals surface area contributed by atoms with Crippen LogP contribution in [0.25, 0.3) is 0 Å². The van der Waals surface area contributed by atoms with Crippen molar-refractivity contribution >= 4 is 0 Å². The molecule has 0 bridgehead atoms. The summed E-state index contributed by atoms with van der Waals surface area (Å²) in [6.45, 7) is 10.6. The summed E-state index contributed by atoms with van der Waals surface area (Å²) in [4.78, 5) is 0. The molecule has 1 aliphatic rings. The van der Waals surface area contributed by atoms with E-state index in [1.165, 1.54) is 45.1 Å². The molecular formula is C15H31N. The number of nitrogens with one attached hydrogen (secondary N) is 1. The van der Waals surface area contributed by atoms with Gasteiger partial charge in [-0.15, -0.1) is 0 Å². The van der Waals surface area contributed by atoms with Gasteiger partial charge in [0.1, 0.15) is 0 Å². The second kappa shape index (κ2) is 7.32. The van der Waals surface area contributed by atoms with Crippen LogP contribution in [0.1, 0.15) is 66.2 Å². The molecule has 1 fully saturated rings. The maximum atomic E-state index is 3.82. The summed E-state index contributed by atoms with van der Waals surface area (Å²) in [5.74, 6) is 2.56. The van der Waals surface area contributed by atoms with Crippen LogP contribution in [-0.2, 0) is 0 Å². The standard InChI is InChI=1S/C15H31N/c1-5-11-16-15(13(4)12(2)3)14-9-7-6-8-10-14/h12-16H,5-11H2,1-4H3. The largest absolute Gasteiger partial charge is 0.313 e. The maximum absolute atomic E-state index is 3.82. The van der Waals surface area contributed by atoms with Crippen LogP contribution in [0.4, 0.5) is 0 Å². The van der Waals surface area contributed by atoms with Crippen molar-refractivity contribution in [2.45, 2.75) is 72.3 Å². The highest BCUT2D eigenvalue weighted by Gasteiger charge is 2.28. The first-order chi connectivity index (χ1) is 7.66.